The average Bonchev–Trinajstić information content (AvgIpc) is 2.18. The van der Waals surface area contributed by atoms with Crippen molar-refractivity contribution in [3.63, 3.8) is 0 Å². The van der Waals surface area contributed by atoms with Crippen molar-refractivity contribution in [3.05, 3.63) is 0 Å². The van der Waals surface area contributed by atoms with Crippen LogP contribution in [0.1, 0.15) is 6.42 Å². The van der Waals surface area contributed by atoms with Crippen molar-refractivity contribution < 1.29 is 4.74 Å². The molecule has 2 atom stereocenters. The van der Waals surface area contributed by atoms with Gasteiger partial charge in [0.2, 0.25) is 0 Å². The molecule has 1 rings (SSSR count). The Kier molecular flexibility index (Phi) is 2.04. The van der Waals surface area contributed by atoms with E-state index in [0.717, 1.165) is 0 Å². The molecule has 0 amide bonds. The third kappa shape index (κ3) is 1.41. The maximum atomic E-state index is 8.28. The Morgan fingerprint density at radius 3 is 2.89 bits per heavy atom. The Morgan fingerprint density at radius 1 is 1.67 bits per heavy atom. The summed E-state index contributed by atoms with van der Waals surface area (Å²) in [5.74, 6) is 0.273. The lowest BCUT2D eigenvalue weighted by Gasteiger charge is -2.06. The largest absolute Gasteiger partial charge is 0.379 e. The van der Waals surface area contributed by atoms with Crippen LogP contribution >= 0.6 is 0 Å². The van der Waals surface area contributed by atoms with Crippen LogP contribution in [0.15, 0.2) is 0 Å². The third-order valence-corrected chi connectivity index (χ3v) is 1.60. The Hall–Kier alpha value is -0.590. The molecule has 0 aromatic rings. The van der Waals surface area contributed by atoms with Crippen LogP contribution in [0.25, 0.3) is 0 Å². The fraction of sp³-hybridized carbons (Fsp3) is 0.833. The van der Waals surface area contributed by atoms with Crippen molar-refractivity contribution in [3.8, 4) is 6.07 Å². The number of hydrogen-bond donors (Lipinski definition) is 1. The lowest BCUT2D eigenvalue weighted by Crippen LogP contribution is -2.27. The highest BCUT2D eigenvalue weighted by atomic mass is 16.5. The van der Waals surface area contributed by atoms with Crippen molar-refractivity contribution >= 4 is 0 Å². The second kappa shape index (κ2) is 2.81. The van der Waals surface area contributed by atoms with Crippen molar-refractivity contribution in [2.75, 3.05) is 13.2 Å². The predicted octanol–water partition coefficient (Wildman–Crippen LogP) is -0.126. The van der Waals surface area contributed by atoms with Gasteiger partial charge < -0.3 is 10.5 Å². The van der Waals surface area contributed by atoms with Crippen LogP contribution in [0, 0.1) is 17.2 Å². The molecule has 1 heterocycles. The lowest BCUT2D eigenvalue weighted by atomic mass is 10.0. The second-order valence-corrected chi connectivity index (χ2v) is 2.32. The van der Waals surface area contributed by atoms with E-state index < -0.39 is 0 Å². The van der Waals surface area contributed by atoms with Crippen LogP contribution in [0.5, 0.6) is 0 Å². The normalized spacial score (nSPS) is 34.2. The molecule has 2 N–H and O–H groups in total. The van der Waals surface area contributed by atoms with Crippen LogP contribution in [0.3, 0.4) is 0 Å². The standard InChI is InChI=1S/C6H10N2O/c7-2-1-5-3-9-4-6(5)8/h5-6H,1,3-4,8H2. The van der Waals surface area contributed by atoms with E-state index in [4.69, 9.17) is 15.7 Å². The summed E-state index contributed by atoms with van der Waals surface area (Å²) < 4.78 is 5.05. The summed E-state index contributed by atoms with van der Waals surface area (Å²) in [6.07, 6.45) is 0.529. The first-order valence-corrected chi connectivity index (χ1v) is 3.05. The topological polar surface area (TPSA) is 59.0 Å². The molecule has 3 nitrogen and oxygen atoms in total. The molecule has 0 radical (unpaired) electrons. The van der Waals surface area contributed by atoms with Crippen LogP contribution in [0.4, 0.5) is 0 Å². The summed E-state index contributed by atoms with van der Waals surface area (Å²) in [5, 5.41) is 8.28. The molecule has 1 aliphatic rings. The van der Waals surface area contributed by atoms with Gasteiger partial charge in [0.05, 0.1) is 19.3 Å². The van der Waals surface area contributed by atoms with Gasteiger partial charge in [-0.1, -0.05) is 0 Å². The average molecular weight is 126 g/mol. The first kappa shape index (κ1) is 6.53. The van der Waals surface area contributed by atoms with Crippen molar-refractivity contribution in [1.29, 1.82) is 5.26 Å². The minimum absolute atomic E-state index is 0.0876. The molecule has 1 saturated heterocycles. The zero-order chi connectivity index (χ0) is 6.69. The molecule has 1 fully saturated rings. The summed E-state index contributed by atoms with van der Waals surface area (Å²) in [4.78, 5) is 0. The highest BCUT2D eigenvalue weighted by molar-refractivity contribution is 4.85. The molecule has 0 saturated carbocycles. The molecule has 1 aliphatic heterocycles. The number of rotatable bonds is 1. The monoisotopic (exact) mass is 126 g/mol. The molecular formula is C6H10N2O. The van der Waals surface area contributed by atoms with Gasteiger partial charge in [0.1, 0.15) is 0 Å². The molecular weight excluding hydrogens is 116 g/mol. The number of ether oxygens (including phenoxy) is 1. The fourth-order valence-corrected chi connectivity index (χ4v) is 0.943. The van der Waals surface area contributed by atoms with E-state index in [1.165, 1.54) is 0 Å². The minimum atomic E-state index is 0.0876. The van der Waals surface area contributed by atoms with Crippen molar-refractivity contribution in [2.45, 2.75) is 12.5 Å². The number of hydrogen-bond acceptors (Lipinski definition) is 3. The Bertz CT molecular complexity index is 130. The quantitative estimate of drug-likeness (QED) is 0.532. The predicted molar refractivity (Wildman–Crippen MR) is 32.5 cm³/mol. The van der Waals surface area contributed by atoms with Crippen LogP contribution in [0.2, 0.25) is 0 Å². The molecule has 50 valence electrons. The van der Waals surface area contributed by atoms with Gasteiger partial charge in [-0.2, -0.15) is 5.26 Å². The first-order valence-electron chi connectivity index (χ1n) is 3.05. The maximum absolute atomic E-state index is 8.28. The molecule has 0 aromatic heterocycles. The van der Waals surface area contributed by atoms with Crippen LogP contribution in [-0.4, -0.2) is 19.3 Å². The molecule has 9 heavy (non-hydrogen) atoms. The van der Waals surface area contributed by atoms with Gasteiger partial charge in [-0.3, -0.25) is 0 Å². The zero-order valence-electron chi connectivity index (χ0n) is 5.21. The Morgan fingerprint density at radius 2 is 2.44 bits per heavy atom. The van der Waals surface area contributed by atoms with E-state index in [-0.39, 0.29) is 12.0 Å². The third-order valence-electron chi connectivity index (χ3n) is 1.60. The lowest BCUT2D eigenvalue weighted by molar-refractivity contribution is 0.185. The molecule has 2 unspecified atom stereocenters. The Labute approximate surface area is 54.4 Å². The summed E-state index contributed by atoms with van der Waals surface area (Å²) in [6.45, 7) is 1.28. The van der Waals surface area contributed by atoms with Crippen molar-refractivity contribution in [1.82, 2.24) is 0 Å². The van der Waals surface area contributed by atoms with Gasteiger partial charge in [-0.15, -0.1) is 0 Å². The van der Waals surface area contributed by atoms with Gasteiger partial charge in [0.15, 0.2) is 0 Å². The number of nitrogens with zero attached hydrogens (tertiary/aromatic N) is 1. The SMILES string of the molecule is N#CCC1COCC1N. The molecule has 0 aliphatic carbocycles. The highest BCUT2D eigenvalue weighted by Crippen LogP contribution is 2.13. The van der Waals surface area contributed by atoms with Gasteiger partial charge >= 0.3 is 0 Å². The van der Waals surface area contributed by atoms with E-state index in [2.05, 4.69) is 6.07 Å². The van der Waals surface area contributed by atoms with Crippen molar-refractivity contribution in [2.24, 2.45) is 11.7 Å². The summed E-state index contributed by atoms with van der Waals surface area (Å²) >= 11 is 0. The summed E-state index contributed by atoms with van der Waals surface area (Å²) in [5.41, 5.74) is 5.59. The molecule has 3 heteroatoms. The van der Waals surface area contributed by atoms with E-state index in [1.807, 2.05) is 0 Å². The van der Waals surface area contributed by atoms with Gasteiger partial charge in [-0.25, -0.2) is 0 Å². The first-order chi connectivity index (χ1) is 4.34. The fourth-order valence-electron chi connectivity index (χ4n) is 0.943. The van der Waals surface area contributed by atoms with Gasteiger partial charge in [0.25, 0.3) is 0 Å². The summed E-state index contributed by atoms with van der Waals surface area (Å²) in [7, 11) is 0. The number of nitrogens with two attached hydrogens (primary N) is 1. The van der Waals surface area contributed by atoms with Gasteiger partial charge in [-0.05, 0) is 0 Å². The van der Waals surface area contributed by atoms with Crippen LogP contribution in [-0.2, 0) is 4.74 Å². The molecule has 0 aromatic carbocycles. The maximum Gasteiger partial charge on any atom is 0.0626 e. The van der Waals surface area contributed by atoms with E-state index in [0.29, 0.717) is 19.6 Å². The Balaban J connectivity index is 2.33. The van der Waals surface area contributed by atoms with E-state index in [9.17, 15) is 0 Å². The second-order valence-electron chi connectivity index (χ2n) is 2.32. The molecule has 0 bridgehead atoms. The smallest absolute Gasteiger partial charge is 0.0626 e. The van der Waals surface area contributed by atoms with E-state index in [1.54, 1.807) is 0 Å². The van der Waals surface area contributed by atoms with E-state index >= 15 is 0 Å². The molecule has 0 spiro atoms. The number of nitriles is 1. The zero-order valence-corrected chi connectivity index (χ0v) is 5.21. The van der Waals surface area contributed by atoms with Crippen LogP contribution < -0.4 is 5.73 Å². The highest BCUT2D eigenvalue weighted by Gasteiger charge is 2.23. The minimum Gasteiger partial charge on any atom is -0.379 e. The van der Waals surface area contributed by atoms with Gasteiger partial charge in [0, 0.05) is 18.4 Å². The summed E-state index contributed by atoms with van der Waals surface area (Å²) in [6, 6.07) is 2.17.